The number of halogens is 1. The lowest BCUT2D eigenvalue weighted by molar-refractivity contribution is 1.00. The Morgan fingerprint density at radius 3 is 2.55 bits per heavy atom. The lowest BCUT2D eigenvalue weighted by atomic mass is 10.0. The van der Waals surface area contributed by atoms with Crippen molar-refractivity contribution in [3.05, 3.63) is 83.3 Å². The van der Waals surface area contributed by atoms with Crippen LogP contribution in [-0.4, -0.2) is 25.1 Å². The third kappa shape index (κ3) is 4.23. The highest BCUT2D eigenvalue weighted by atomic mass is 35.5. The number of anilines is 2. The highest BCUT2D eigenvalue weighted by molar-refractivity contribution is 6.35. The number of aromatic amines is 1. The predicted octanol–water partition coefficient (Wildman–Crippen LogP) is 5.49. The fraction of sp³-hybridized carbons (Fsp3) is 0.120. The van der Waals surface area contributed by atoms with Gasteiger partial charge in [-0.3, -0.25) is 10.1 Å². The lowest BCUT2D eigenvalue weighted by Crippen LogP contribution is -2.09. The minimum Gasteiger partial charge on any atom is -0.381 e. The van der Waals surface area contributed by atoms with Crippen molar-refractivity contribution in [1.29, 1.82) is 0 Å². The number of nitrogens with two attached hydrogens (primary N) is 1. The molecule has 3 heterocycles. The van der Waals surface area contributed by atoms with Gasteiger partial charge in [-0.1, -0.05) is 54.9 Å². The van der Waals surface area contributed by atoms with Crippen molar-refractivity contribution in [2.24, 2.45) is 0 Å². The number of fused-ring (bicyclic) bond motifs is 1. The molecule has 0 aliphatic rings. The van der Waals surface area contributed by atoms with Crippen LogP contribution < -0.4 is 11.1 Å². The van der Waals surface area contributed by atoms with Crippen molar-refractivity contribution in [2.75, 3.05) is 11.1 Å². The predicted molar refractivity (Wildman–Crippen MR) is 133 cm³/mol. The summed E-state index contributed by atoms with van der Waals surface area (Å²) in [5.74, 6) is 0.832. The van der Waals surface area contributed by atoms with E-state index in [2.05, 4.69) is 27.4 Å². The summed E-state index contributed by atoms with van der Waals surface area (Å²) in [6.07, 6.45) is 4.51. The molecule has 0 radical (unpaired) electrons. The van der Waals surface area contributed by atoms with E-state index in [9.17, 15) is 0 Å². The zero-order valence-corrected chi connectivity index (χ0v) is 18.8. The molecule has 164 valence electrons. The number of pyridine rings is 1. The number of H-pyrrole nitrogens is 1. The van der Waals surface area contributed by atoms with Gasteiger partial charge >= 0.3 is 0 Å². The summed E-state index contributed by atoms with van der Waals surface area (Å²) < 4.78 is 0. The summed E-state index contributed by atoms with van der Waals surface area (Å²) in [5.41, 5.74) is 12.3. The molecule has 5 aromatic rings. The molecular weight excluding hydrogens is 434 g/mol. The molecule has 0 aliphatic heterocycles. The number of hydrogen-bond acceptors (Lipinski definition) is 6. The van der Waals surface area contributed by atoms with Crippen molar-refractivity contribution in [1.82, 2.24) is 25.1 Å². The second kappa shape index (κ2) is 8.88. The molecule has 0 spiro atoms. The molecule has 0 saturated carbocycles. The van der Waals surface area contributed by atoms with Gasteiger partial charge in [-0.25, -0.2) is 9.97 Å². The number of aromatic nitrogens is 5. The Morgan fingerprint density at radius 2 is 1.79 bits per heavy atom. The molecule has 4 N–H and O–H groups in total. The molecular formula is C25H22ClN7. The highest BCUT2D eigenvalue weighted by Gasteiger charge is 2.17. The second-order valence-electron chi connectivity index (χ2n) is 7.68. The van der Waals surface area contributed by atoms with Gasteiger partial charge in [0.25, 0.3) is 0 Å². The lowest BCUT2D eigenvalue weighted by Gasteiger charge is -2.15. The van der Waals surface area contributed by atoms with Gasteiger partial charge in [0.2, 0.25) is 0 Å². The third-order valence-corrected chi connectivity index (χ3v) is 5.75. The van der Waals surface area contributed by atoms with E-state index in [1.807, 2.05) is 60.8 Å². The molecule has 7 nitrogen and oxygen atoms in total. The van der Waals surface area contributed by atoms with Crippen LogP contribution in [0.2, 0.25) is 5.02 Å². The first-order chi connectivity index (χ1) is 16.1. The van der Waals surface area contributed by atoms with Crippen molar-refractivity contribution in [2.45, 2.75) is 19.9 Å². The molecule has 0 saturated heterocycles. The van der Waals surface area contributed by atoms with E-state index in [0.717, 1.165) is 39.7 Å². The van der Waals surface area contributed by atoms with Gasteiger partial charge < -0.3 is 11.1 Å². The molecule has 3 aromatic heterocycles. The summed E-state index contributed by atoms with van der Waals surface area (Å²) in [4.78, 5) is 14.1. The van der Waals surface area contributed by atoms with Crippen LogP contribution in [0, 0.1) is 0 Å². The van der Waals surface area contributed by atoms with Gasteiger partial charge in [0.15, 0.2) is 11.6 Å². The number of hydrogen-bond donors (Lipinski definition) is 3. The van der Waals surface area contributed by atoms with Crippen molar-refractivity contribution in [3.8, 4) is 22.5 Å². The standard InChI is InChI=1S/C25H22ClN7/c1-2-19-9-8-15(12-28-19)13-29-25-24(27)31-22(16-6-4-3-5-7-16)23(32-25)17-10-18-14-30-33-21(18)20(26)11-17/h3-12,14H,2,13H2,1H3,(H2,27,31)(H,29,32)(H,30,33). The minimum absolute atomic E-state index is 0.325. The maximum Gasteiger partial charge on any atom is 0.169 e. The van der Waals surface area contributed by atoms with Gasteiger partial charge in [-0.05, 0) is 30.2 Å². The fourth-order valence-electron chi connectivity index (χ4n) is 3.68. The summed E-state index contributed by atoms with van der Waals surface area (Å²) in [5, 5.41) is 11.8. The minimum atomic E-state index is 0.325. The van der Waals surface area contributed by atoms with E-state index in [-0.39, 0.29) is 0 Å². The molecule has 0 bridgehead atoms. The zero-order chi connectivity index (χ0) is 22.8. The average Bonchev–Trinajstić information content (AvgIpc) is 3.33. The van der Waals surface area contributed by atoms with Gasteiger partial charge in [0, 0.05) is 34.9 Å². The Kier molecular flexibility index (Phi) is 5.62. The largest absolute Gasteiger partial charge is 0.381 e. The molecule has 0 amide bonds. The summed E-state index contributed by atoms with van der Waals surface area (Å²) in [6.45, 7) is 2.61. The van der Waals surface area contributed by atoms with Crippen LogP contribution in [-0.2, 0) is 13.0 Å². The Hall–Kier alpha value is -3.97. The normalized spacial score (nSPS) is 11.1. The van der Waals surface area contributed by atoms with E-state index in [4.69, 9.17) is 27.3 Å². The maximum absolute atomic E-state index is 6.52. The van der Waals surface area contributed by atoms with Crippen LogP contribution in [0.4, 0.5) is 11.6 Å². The van der Waals surface area contributed by atoms with Gasteiger partial charge in [-0.2, -0.15) is 5.10 Å². The van der Waals surface area contributed by atoms with E-state index >= 15 is 0 Å². The van der Waals surface area contributed by atoms with Crippen molar-refractivity contribution >= 4 is 34.1 Å². The molecule has 0 unspecified atom stereocenters. The van der Waals surface area contributed by atoms with Crippen LogP contribution in [0.3, 0.4) is 0 Å². The van der Waals surface area contributed by atoms with E-state index < -0.39 is 0 Å². The highest BCUT2D eigenvalue weighted by Crippen LogP contribution is 2.35. The summed E-state index contributed by atoms with van der Waals surface area (Å²) in [7, 11) is 0. The van der Waals surface area contributed by atoms with E-state index in [0.29, 0.717) is 34.6 Å². The monoisotopic (exact) mass is 455 g/mol. The van der Waals surface area contributed by atoms with Crippen LogP contribution in [0.5, 0.6) is 0 Å². The zero-order valence-electron chi connectivity index (χ0n) is 18.0. The quantitative estimate of drug-likeness (QED) is 0.312. The summed E-state index contributed by atoms with van der Waals surface area (Å²) >= 11 is 6.52. The van der Waals surface area contributed by atoms with Crippen molar-refractivity contribution < 1.29 is 0 Å². The van der Waals surface area contributed by atoms with Crippen LogP contribution in [0.15, 0.2) is 67.0 Å². The fourth-order valence-corrected chi connectivity index (χ4v) is 3.95. The SMILES string of the molecule is CCc1ccc(CNc2nc(-c3cc(Cl)c4[nH]ncc4c3)c(-c3ccccc3)nc2N)cn1. The van der Waals surface area contributed by atoms with Gasteiger partial charge in [0.1, 0.15) is 0 Å². The smallest absolute Gasteiger partial charge is 0.169 e. The first-order valence-corrected chi connectivity index (χ1v) is 11.0. The van der Waals surface area contributed by atoms with Gasteiger partial charge in [-0.15, -0.1) is 0 Å². The number of nitrogens with zero attached hydrogens (tertiary/aromatic N) is 4. The Morgan fingerprint density at radius 1 is 0.970 bits per heavy atom. The first-order valence-electron chi connectivity index (χ1n) is 10.7. The third-order valence-electron chi connectivity index (χ3n) is 5.45. The van der Waals surface area contributed by atoms with Crippen molar-refractivity contribution in [3.63, 3.8) is 0 Å². The Labute approximate surface area is 196 Å². The Bertz CT molecular complexity index is 1410. The number of nitrogen functional groups attached to an aromatic ring is 1. The van der Waals surface area contributed by atoms with Crippen LogP contribution >= 0.6 is 11.6 Å². The Balaban J connectivity index is 1.58. The second-order valence-corrected chi connectivity index (χ2v) is 8.09. The summed E-state index contributed by atoms with van der Waals surface area (Å²) in [6, 6.07) is 17.8. The van der Waals surface area contributed by atoms with Crippen LogP contribution in [0.25, 0.3) is 33.4 Å². The van der Waals surface area contributed by atoms with E-state index in [1.165, 1.54) is 0 Å². The molecule has 2 aromatic carbocycles. The van der Waals surface area contributed by atoms with Gasteiger partial charge in [0.05, 0.1) is 28.1 Å². The van der Waals surface area contributed by atoms with Crippen LogP contribution in [0.1, 0.15) is 18.2 Å². The molecule has 5 rings (SSSR count). The number of benzene rings is 2. The maximum atomic E-state index is 6.52. The molecule has 0 fully saturated rings. The van der Waals surface area contributed by atoms with E-state index in [1.54, 1.807) is 6.20 Å². The number of aryl methyl sites for hydroxylation is 1. The molecule has 0 atom stereocenters. The molecule has 33 heavy (non-hydrogen) atoms. The topological polar surface area (TPSA) is 105 Å². The first kappa shape index (κ1) is 20.9. The number of rotatable bonds is 6. The molecule has 0 aliphatic carbocycles. The average molecular weight is 456 g/mol. The number of nitrogens with one attached hydrogen (secondary N) is 2. The molecule has 8 heteroatoms.